The van der Waals surface area contributed by atoms with Crippen LogP contribution in [0, 0.1) is 17.8 Å². The molecule has 0 unspecified atom stereocenters. The fourth-order valence-corrected chi connectivity index (χ4v) is 14.1. The molecule has 15 atom stereocenters. The van der Waals surface area contributed by atoms with E-state index in [0.29, 0.717) is 55.7 Å². The number of benzene rings is 1. The van der Waals surface area contributed by atoms with Crippen LogP contribution < -0.4 is 80.6 Å². The van der Waals surface area contributed by atoms with Crippen molar-refractivity contribution in [2.45, 2.75) is 236 Å². The lowest BCUT2D eigenvalue weighted by atomic mass is 10.00. The monoisotopic (exact) mass is 1620 g/mol. The molecule has 0 aromatic heterocycles. The van der Waals surface area contributed by atoms with Crippen LogP contribution in [0.25, 0.3) is 0 Å². The topological polar surface area (TPSA) is 528 Å². The van der Waals surface area contributed by atoms with Gasteiger partial charge in [-0.1, -0.05) is 71.9 Å². The second kappa shape index (κ2) is 48.6. The van der Waals surface area contributed by atoms with Crippen LogP contribution in [-0.4, -0.2) is 274 Å². The Morgan fingerprint density at radius 1 is 0.541 bits per heavy atom. The molecule has 38 heteroatoms. The minimum Gasteiger partial charge on any atom is -0.394 e. The molecule has 19 N–H and O–H groups in total. The number of aliphatic hydroxyl groups is 2. The predicted molar refractivity (Wildman–Crippen MR) is 417 cm³/mol. The number of nitrogens with one attached hydrogen (secondary N) is 13. The average molecular weight is 1620 g/mol. The van der Waals surface area contributed by atoms with Crippen molar-refractivity contribution in [2.75, 3.05) is 69.2 Å². The van der Waals surface area contributed by atoms with Crippen LogP contribution in [0.5, 0.6) is 0 Å². The maximum absolute atomic E-state index is 14.8. The van der Waals surface area contributed by atoms with E-state index in [1.165, 1.54) is 47.2 Å². The Morgan fingerprint density at radius 2 is 1.05 bits per heavy atom. The standard InChI is InChI=1S/C73H118ClN17O18S2/c1-39(2)33-51(85-71(107)60(43(8)93)89-67(103)50(35-56(76)95)83-66(102)49(34-44-19-12-11-13-20-44)84-70(106)59(41(5)6)88-63(99)45-22-16-28-77-45)72(108)90-29-17-23-53(90)68(104)82-48(26-32-111-10)65(101)81-47(25-31-110-9)62(98)78-37-57(96)80-46(21-14-15-27-75)64(100)79-42(7)61(97)86-52(38-92)73(109)91-30-18-24-54(91)69(105)87-58(40(3)4)55(94)36-74/h11-13,19-20,39-43,45-54,58-60,77,92-93H,14-18,21-38,75H2,1-10H3,(H2,76,95)(H,78,98)(H,79,100)(H,80,96)(H,81,101)(H,82,104)(H,83,102)(H,84,106)(H,85,107)(H,86,97)(H,87,105)(H,88,99)(H,89,103)/t42-,43+,45-,46-,47-,48-,49-,50-,51-,52-,53-,54-,58-,59-,60-/m0/s1. The van der Waals surface area contributed by atoms with Crippen molar-refractivity contribution < 1.29 is 86.9 Å². The highest BCUT2D eigenvalue weighted by molar-refractivity contribution is 7.98. The number of ketones is 1. The zero-order valence-electron chi connectivity index (χ0n) is 65.2. The van der Waals surface area contributed by atoms with Gasteiger partial charge in [0.25, 0.3) is 0 Å². The van der Waals surface area contributed by atoms with Gasteiger partial charge in [-0.2, -0.15) is 23.5 Å². The van der Waals surface area contributed by atoms with Crippen LogP contribution >= 0.6 is 35.1 Å². The first kappa shape index (κ1) is 95.1. The van der Waals surface area contributed by atoms with Crippen LogP contribution in [0.2, 0.25) is 0 Å². The number of carbonyl (C=O) groups is 16. The zero-order chi connectivity index (χ0) is 82.8. The van der Waals surface area contributed by atoms with Gasteiger partial charge in [0.1, 0.15) is 72.5 Å². The van der Waals surface area contributed by atoms with Gasteiger partial charge in [-0.15, -0.1) is 11.6 Å². The quantitative estimate of drug-likeness (QED) is 0.0222. The van der Waals surface area contributed by atoms with Crippen molar-refractivity contribution in [3.05, 3.63) is 35.9 Å². The molecule has 1 aromatic carbocycles. The fraction of sp³-hybridized carbons (Fsp3) is 0.699. The third kappa shape index (κ3) is 31.0. The first-order valence-corrected chi connectivity index (χ1v) is 41.3. The molecular weight excluding hydrogens is 1500 g/mol. The zero-order valence-corrected chi connectivity index (χ0v) is 67.6. The number of thioether (sulfide) groups is 2. The van der Waals surface area contributed by atoms with E-state index in [2.05, 4.69) is 69.1 Å². The molecule has 0 saturated carbocycles. The molecule has 35 nitrogen and oxygen atoms in total. The number of amides is 15. The molecule has 622 valence electrons. The molecule has 4 rings (SSSR count). The number of halogens is 1. The number of rotatable bonds is 48. The number of aliphatic hydroxyl groups excluding tert-OH is 2. The first-order valence-electron chi connectivity index (χ1n) is 37.9. The van der Waals surface area contributed by atoms with Crippen LogP contribution in [0.15, 0.2) is 30.3 Å². The van der Waals surface area contributed by atoms with Crippen molar-refractivity contribution in [1.29, 1.82) is 0 Å². The first-order chi connectivity index (χ1) is 52.6. The van der Waals surface area contributed by atoms with Crippen LogP contribution in [0.3, 0.4) is 0 Å². The number of likely N-dealkylation sites (tertiary alicyclic amines) is 2. The van der Waals surface area contributed by atoms with E-state index in [1.807, 2.05) is 0 Å². The van der Waals surface area contributed by atoms with Gasteiger partial charge in [0.2, 0.25) is 88.6 Å². The summed E-state index contributed by atoms with van der Waals surface area (Å²) in [6, 6.07) is -9.25. The molecule has 3 saturated heterocycles. The van der Waals surface area contributed by atoms with E-state index in [0.717, 1.165) is 6.42 Å². The van der Waals surface area contributed by atoms with Gasteiger partial charge in [0.15, 0.2) is 5.78 Å². The van der Waals surface area contributed by atoms with Gasteiger partial charge >= 0.3 is 0 Å². The second-order valence-electron chi connectivity index (χ2n) is 29.3. The molecule has 111 heavy (non-hydrogen) atoms. The number of hydrogen-bond acceptors (Lipinski definition) is 22. The third-order valence-electron chi connectivity index (χ3n) is 19.1. The Hall–Kier alpha value is -8.23. The Morgan fingerprint density at radius 3 is 1.58 bits per heavy atom. The Balaban J connectivity index is 1.44. The largest absolute Gasteiger partial charge is 0.394 e. The molecule has 1 aromatic rings. The molecule has 0 radical (unpaired) electrons. The van der Waals surface area contributed by atoms with E-state index in [1.54, 1.807) is 84.4 Å². The third-order valence-corrected chi connectivity index (χ3v) is 20.7. The van der Waals surface area contributed by atoms with Gasteiger partial charge in [-0.05, 0) is 151 Å². The van der Waals surface area contributed by atoms with Gasteiger partial charge in [-0.25, -0.2) is 0 Å². The van der Waals surface area contributed by atoms with Gasteiger partial charge in [0.05, 0.1) is 43.6 Å². The molecule has 0 spiro atoms. The summed E-state index contributed by atoms with van der Waals surface area (Å²) in [6.45, 7) is 12.3. The SMILES string of the molecule is CSCC[C@H](NC(=O)[C@H](CCSC)NC(=O)[C@@H]1CCCN1C(=O)[C@H](CC(C)C)NC(=O)[C@@H](NC(=O)[C@H](CC(N)=O)NC(=O)[C@H](Cc1ccccc1)NC(=O)[C@@H](NC(=O)[C@@H]1CCCN1)C(C)C)[C@@H](C)O)C(=O)NCC(=O)N[C@@H](CCCCN)C(=O)N[C@@H](C)C(=O)N[C@@H](CO)C(=O)N1CCC[C@H]1C(=O)N[C@H](C(=O)CCl)C(C)C. The average Bonchev–Trinajstić information content (AvgIpc) is 1.74. The molecule has 0 aliphatic carbocycles. The predicted octanol–water partition coefficient (Wildman–Crippen LogP) is -3.52. The maximum atomic E-state index is 14.8. The van der Waals surface area contributed by atoms with Crippen molar-refractivity contribution in [1.82, 2.24) is 78.9 Å². The van der Waals surface area contributed by atoms with Crippen molar-refractivity contribution >= 4 is 130 Å². The van der Waals surface area contributed by atoms with Gasteiger partial charge in [0, 0.05) is 19.5 Å². The molecule has 3 aliphatic rings. The van der Waals surface area contributed by atoms with Gasteiger partial charge in [-0.3, -0.25) is 76.7 Å². The minimum absolute atomic E-state index is 0.0128. The summed E-state index contributed by atoms with van der Waals surface area (Å²) in [5, 5.41) is 55.5. The number of unbranched alkanes of at least 4 members (excludes halogenated alkanes) is 1. The number of nitrogens with two attached hydrogens (primary N) is 2. The summed E-state index contributed by atoms with van der Waals surface area (Å²) in [5.74, 6) is -13.4. The highest BCUT2D eigenvalue weighted by Crippen LogP contribution is 2.24. The lowest BCUT2D eigenvalue weighted by Gasteiger charge is -2.32. The number of Topliss-reactive ketones (excluding diaryl/α,β-unsaturated/α-hetero) is 1. The van der Waals surface area contributed by atoms with E-state index >= 15 is 0 Å². The number of primary amides is 1. The summed E-state index contributed by atoms with van der Waals surface area (Å²) in [4.78, 5) is 223. The number of carbonyl (C=O) groups excluding carboxylic acids is 16. The van der Waals surface area contributed by atoms with E-state index in [-0.39, 0.29) is 82.3 Å². The fourth-order valence-electron chi connectivity index (χ4n) is 13.0. The summed E-state index contributed by atoms with van der Waals surface area (Å²) < 4.78 is 0. The van der Waals surface area contributed by atoms with E-state index in [9.17, 15) is 86.9 Å². The normalized spacial score (nSPS) is 18.7. The minimum atomic E-state index is -1.83. The van der Waals surface area contributed by atoms with Crippen LogP contribution in [0.4, 0.5) is 0 Å². The molecule has 15 amide bonds. The molecule has 0 bridgehead atoms. The Bertz CT molecular complexity index is 3340. The molecule has 3 fully saturated rings. The summed E-state index contributed by atoms with van der Waals surface area (Å²) in [7, 11) is 0. The van der Waals surface area contributed by atoms with Crippen LogP contribution in [0.1, 0.15) is 144 Å². The Labute approximate surface area is 662 Å². The van der Waals surface area contributed by atoms with Crippen molar-refractivity contribution in [2.24, 2.45) is 29.2 Å². The summed E-state index contributed by atoms with van der Waals surface area (Å²) >= 11 is 8.49. The van der Waals surface area contributed by atoms with Gasteiger partial charge < -0.3 is 101 Å². The molecular formula is C73H118ClN17O18S2. The van der Waals surface area contributed by atoms with Crippen molar-refractivity contribution in [3.8, 4) is 0 Å². The number of nitrogens with zero attached hydrogens (tertiary/aromatic N) is 2. The highest BCUT2D eigenvalue weighted by Gasteiger charge is 2.44. The smallest absolute Gasteiger partial charge is 0.248 e. The van der Waals surface area contributed by atoms with Crippen LogP contribution in [-0.2, 0) is 83.1 Å². The summed E-state index contributed by atoms with van der Waals surface area (Å²) in [6.07, 6.45) is 4.28. The van der Waals surface area contributed by atoms with Crippen molar-refractivity contribution in [3.63, 3.8) is 0 Å². The summed E-state index contributed by atoms with van der Waals surface area (Å²) in [5.41, 5.74) is 11.9. The maximum Gasteiger partial charge on any atom is 0.248 e. The molecule has 3 heterocycles. The highest BCUT2D eigenvalue weighted by atomic mass is 35.5. The Kier molecular flexibility index (Phi) is 41.7. The second-order valence-corrected chi connectivity index (χ2v) is 31.5. The van der Waals surface area contributed by atoms with E-state index < -0.39 is 211 Å². The lowest BCUT2D eigenvalue weighted by Crippen LogP contribution is -2.62. The lowest BCUT2D eigenvalue weighted by molar-refractivity contribution is -0.143. The number of hydrogen-bond donors (Lipinski definition) is 17. The number of alkyl halides is 1. The van der Waals surface area contributed by atoms with E-state index in [4.69, 9.17) is 23.1 Å². The molecule has 3 aliphatic heterocycles.